The van der Waals surface area contributed by atoms with Crippen LogP contribution in [-0.4, -0.2) is 7.25 Å². The quantitative estimate of drug-likeness (QED) is 0.0765. The Morgan fingerprint density at radius 2 is 1.11 bits per heavy atom. The predicted octanol–water partition coefficient (Wildman–Crippen LogP) is 11.5. The summed E-state index contributed by atoms with van der Waals surface area (Å²) in [5.74, 6) is 0.539. The van der Waals surface area contributed by atoms with Gasteiger partial charge in [-0.2, -0.15) is 4.57 Å². The van der Waals surface area contributed by atoms with Gasteiger partial charge in [0.25, 0.3) is 0 Å². The number of halogens is 4. The Morgan fingerprint density at radius 3 is 1.63 bits per heavy atom. The molecule has 0 spiro atoms. The number of hydrogen-bond acceptors (Lipinski definition) is 1. The first-order chi connectivity index (χ1) is 22.1. The van der Waals surface area contributed by atoms with E-state index < -0.39 is 7.25 Å². The Labute approximate surface area is 272 Å². The van der Waals surface area contributed by atoms with Crippen molar-refractivity contribution in [2.45, 2.75) is 64.7 Å². The SMILES string of the molecule is Cc1cc([C@H](C)c2ccc3ccccc3c2)c(-[n+]2csc3c2CCCCC3)c([C@H](C)c2ccc3ccccc3c2)c1.F[B-](F)(F)F. The average Bonchev–Trinajstić information content (AvgIpc) is 3.28. The van der Waals surface area contributed by atoms with Crippen LogP contribution in [0.4, 0.5) is 17.3 Å². The van der Waals surface area contributed by atoms with Crippen molar-refractivity contribution in [2.24, 2.45) is 0 Å². The molecule has 7 rings (SSSR count). The molecule has 1 aromatic heterocycles. The van der Waals surface area contributed by atoms with E-state index in [0.717, 1.165) is 0 Å². The second-order valence-corrected chi connectivity index (χ2v) is 13.4. The molecule has 0 saturated heterocycles. The van der Waals surface area contributed by atoms with Gasteiger partial charge in [0.2, 0.25) is 16.9 Å². The summed E-state index contributed by atoms with van der Waals surface area (Å²) < 4.78 is 41.6. The third-order valence-electron chi connectivity index (χ3n) is 9.26. The number of rotatable bonds is 5. The van der Waals surface area contributed by atoms with E-state index in [1.54, 1.807) is 4.88 Å². The van der Waals surface area contributed by atoms with E-state index >= 15 is 0 Å². The molecule has 0 saturated carbocycles. The lowest BCUT2D eigenvalue weighted by Gasteiger charge is -2.21. The normalized spacial score (nSPS) is 14.7. The van der Waals surface area contributed by atoms with Crippen molar-refractivity contribution in [1.82, 2.24) is 0 Å². The second kappa shape index (κ2) is 13.4. The Kier molecular flexibility index (Phi) is 9.33. The number of aromatic nitrogens is 1. The molecule has 1 nitrogen and oxygen atoms in total. The summed E-state index contributed by atoms with van der Waals surface area (Å²) >= 11 is 1.96. The zero-order valence-corrected chi connectivity index (χ0v) is 27.3. The van der Waals surface area contributed by atoms with Gasteiger partial charge in [-0.1, -0.05) is 122 Å². The summed E-state index contributed by atoms with van der Waals surface area (Å²) in [4.78, 5) is 1.58. The minimum atomic E-state index is -6.00. The highest BCUT2D eigenvalue weighted by Crippen LogP contribution is 2.38. The molecule has 1 heterocycles. The van der Waals surface area contributed by atoms with Crippen molar-refractivity contribution in [1.29, 1.82) is 0 Å². The molecule has 1 aliphatic rings. The molecule has 6 aromatic rings. The molecule has 0 fully saturated rings. The Bertz CT molecular complexity index is 1880. The molecule has 0 aliphatic heterocycles. The van der Waals surface area contributed by atoms with Gasteiger partial charge in [-0.3, -0.25) is 0 Å². The fourth-order valence-corrected chi connectivity index (χ4v) is 7.94. The van der Waals surface area contributed by atoms with Crippen LogP contribution in [0.3, 0.4) is 0 Å². The van der Waals surface area contributed by atoms with E-state index in [9.17, 15) is 17.3 Å². The number of hydrogen-bond donors (Lipinski definition) is 0. The van der Waals surface area contributed by atoms with Gasteiger partial charge in [0.1, 0.15) is 0 Å². The number of benzene rings is 5. The lowest BCUT2D eigenvalue weighted by molar-refractivity contribution is -0.600. The van der Waals surface area contributed by atoms with Gasteiger partial charge in [-0.05, 0) is 71.0 Å². The van der Waals surface area contributed by atoms with Crippen LogP contribution in [0, 0.1) is 6.92 Å². The van der Waals surface area contributed by atoms with Gasteiger partial charge in [-0.25, -0.2) is 0 Å². The zero-order valence-electron chi connectivity index (χ0n) is 26.4. The number of thiazole rings is 1. The summed E-state index contributed by atoms with van der Waals surface area (Å²) in [6.07, 6.45) is 6.29. The lowest BCUT2D eigenvalue weighted by Crippen LogP contribution is -2.36. The summed E-state index contributed by atoms with van der Waals surface area (Å²) in [7, 11) is -6.00. The van der Waals surface area contributed by atoms with Crippen LogP contribution >= 0.6 is 11.3 Å². The van der Waals surface area contributed by atoms with E-state index in [1.807, 2.05) is 11.3 Å². The molecular formula is C39H38BF4NS. The second-order valence-electron chi connectivity index (χ2n) is 12.5. The van der Waals surface area contributed by atoms with Crippen molar-refractivity contribution in [3.05, 3.63) is 141 Å². The minimum Gasteiger partial charge on any atom is -0.418 e. The lowest BCUT2D eigenvalue weighted by atomic mass is 9.83. The van der Waals surface area contributed by atoms with E-state index in [4.69, 9.17) is 0 Å². The van der Waals surface area contributed by atoms with Crippen LogP contribution in [-0.2, 0) is 12.8 Å². The molecule has 5 aromatic carbocycles. The van der Waals surface area contributed by atoms with E-state index in [0.29, 0.717) is 0 Å². The standard InChI is InChI=1S/C39H38NS.BF4/c1-26-21-35(27(2)31-19-17-29-11-7-9-13-33(29)23-31)39(40-25-41-38-16-6-4-5-15-37(38)40)36(22-26)28(3)32-20-18-30-12-8-10-14-34(30)24-32;2-1(3,4)5/h7-14,17-25,27-28H,4-6,15-16H2,1-3H3;/q+1;-1/t27-,28-;/m1./s1. The monoisotopic (exact) mass is 639 g/mol. The molecule has 236 valence electrons. The highest BCUT2D eigenvalue weighted by Gasteiger charge is 2.32. The van der Waals surface area contributed by atoms with Crippen molar-refractivity contribution in [3.63, 3.8) is 0 Å². The Balaban J connectivity index is 0.000000692. The maximum Gasteiger partial charge on any atom is 0.673 e. The smallest absolute Gasteiger partial charge is 0.418 e. The van der Waals surface area contributed by atoms with Gasteiger partial charge < -0.3 is 17.3 Å². The molecule has 7 heteroatoms. The van der Waals surface area contributed by atoms with Gasteiger partial charge in [0.15, 0.2) is 0 Å². The van der Waals surface area contributed by atoms with Crippen LogP contribution < -0.4 is 4.57 Å². The molecular weight excluding hydrogens is 601 g/mol. The fourth-order valence-electron chi connectivity index (χ4n) is 6.88. The molecule has 0 unspecified atom stereocenters. The highest BCUT2D eigenvalue weighted by atomic mass is 32.1. The summed E-state index contributed by atoms with van der Waals surface area (Å²) in [6, 6.07) is 36.4. The van der Waals surface area contributed by atoms with Crippen LogP contribution in [0.1, 0.15) is 83.3 Å². The first-order valence-corrected chi connectivity index (χ1v) is 16.9. The van der Waals surface area contributed by atoms with Crippen molar-refractivity contribution < 1.29 is 21.8 Å². The molecule has 0 bridgehead atoms. The van der Waals surface area contributed by atoms with Crippen LogP contribution in [0.25, 0.3) is 27.2 Å². The maximum absolute atomic E-state index is 9.75. The third-order valence-corrected chi connectivity index (χ3v) is 10.3. The summed E-state index contributed by atoms with van der Waals surface area (Å²) in [5, 5.41) is 5.23. The minimum absolute atomic E-state index is 0.269. The maximum atomic E-state index is 9.75. The summed E-state index contributed by atoms with van der Waals surface area (Å²) in [6.45, 7) is 7.08. The molecule has 46 heavy (non-hydrogen) atoms. The van der Waals surface area contributed by atoms with Gasteiger partial charge in [0.05, 0.1) is 4.88 Å². The van der Waals surface area contributed by atoms with Crippen molar-refractivity contribution in [3.8, 4) is 5.69 Å². The number of nitrogens with zero attached hydrogens (tertiary/aromatic N) is 1. The van der Waals surface area contributed by atoms with Gasteiger partial charge >= 0.3 is 7.25 Å². The summed E-state index contributed by atoms with van der Waals surface area (Å²) in [5.41, 5.74) is 12.3. The van der Waals surface area contributed by atoms with E-state index in [-0.39, 0.29) is 11.8 Å². The average molecular weight is 640 g/mol. The predicted molar refractivity (Wildman–Crippen MR) is 185 cm³/mol. The Morgan fingerprint density at radius 1 is 0.630 bits per heavy atom. The first kappa shape index (κ1) is 32.0. The van der Waals surface area contributed by atoms with Crippen molar-refractivity contribution in [2.75, 3.05) is 0 Å². The number of fused-ring (bicyclic) bond motifs is 3. The zero-order chi connectivity index (χ0) is 32.4. The molecule has 1 aliphatic carbocycles. The van der Waals surface area contributed by atoms with Crippen LogP contribution in [0.15, 0.2) is 103 Å². The van der Waals surface area contributed by atoms with E-state index in [2.05, 4.69) is 128 Å². The van der Waals surface area contributed by atoms with Crippen LogP contribution in [0.2, 0.25) is 0 Å². The van der Waals surface area contributed by atoms with Gasteiger partial charge in [-0.15, -0.1) is 0 Å². The van der Waals surface area contributed by atoms with E-state index in [1.165, 1.54) is 92.8 Å². The van der Waals surface area contributed by atoms with Crippen molar-refractivity contribution >= 4 is 40.1 Å². The van der Waals surface area contributed by atoms with Gasteiger partial charge in [0, 0.05) is 29.4 Å². The topological polar surface area (TPSA) is 3.88 Å². The molecule has 2 atom stereocenters. The first-order valence-electron chi connectivity index (χ1n) is 16.1. The molecule has 0 N–H and O–H groups in total. The third kappa shape index (κ3) is 7.05. The Hall–Kier alpha value is -3.97. The largest absolute Gasteiger partial charge is 0.673 e. The number of aryl methyl sites for hydroxylation is 2. The molecule has 0 radical (unpaired) electrons. The molecule has 0 amide bonds. The fraction of sp³-hybridized carbons (Fsp3) is 0.256. The van der Waals surface area contributed by atoms with Crippen LogP contribution in [0.5, 0.6) is 0 Å². The highest BCUT2D eigenvalue weighted by molar-refractivity contribution is 7.09.